The Morgan fingerprint density at radius 1 is 1.35 bits per heavy atom. The largest absolute Gasteiger partial charge is 0.483 e. The number of ether oxygens (including phenoxy) is 1. The molecule has 0 fully saturated rings. The van der Waals surface area contributed by atoms with Gasteiger partial charge in [-0.3, -0.25) is 4.79 Å². The number of benzene rings is 1. The van der Waals surface area contributed by atoms with Crippen molar-refractivity contribution in [2.75, 3.05) is 6.61 Å². The Morgan fingerprint density at radius 3 is 2.78 bits per heavy atom. The van der Waals surface area contributed by atoms with E-state index in [0.29, 0.717) is 17.4 Å². The number of aryl methyl sites for hydroxylation is 1. The van der Waals surface area contributed by atoms with Crippen LogP contribution in [-0.2, 0) is 4.79 Å². The van der Waals surface area contributed by atoms with Crippen molar-refractivity contribution in [3.8, 4) is 5.75 Å². The third kappa shape index (κ3) is 4.71. The Bertz CT molecular complexity index is 688. The molecule has 1 N–H and O–H groups in total. The first kappa shape index (κ1) is 16.8. The molecule has 1 amide bonds. The second-order valence-electron chi connectivity index (χ2n) is 5.69. The molecule has 23 heavy (non-hydrogen) atoms. The molecule has 5 nitrogen and oxygen atoms in total. The van der Waals surface area contributed by atoms with Crippen molar-refractivity contribution >= 4 is 11.6 Å². The highest BCUT2D eigenvalue weighted by Crippen LogP contribution is 2.27. The van der Waals surface area contributed by atoms with Gasteiger partial charge in [0.25, 0.3) is 5.91 Å². The number of carbonyl (C=O) groups excluding carboxylic acids is 1. The maximum absolute atomic E-state index is 11.9. The van der Waals surface area contributed by atoms with Crippen LogP contribution in [0.25, 0.3) is 0 Å². The van der Waals surface area contributed by atoms with E-state index in [-0.39, 0.29) is 12.5 Å². The van der Waals surface area contributed by atoms with Crippen LogP contribution in [0.4, 0.5) is 0 Å². The molecule has 2 aromatic rings. The first-order valence-corrected chi connectivity index (χ1v) is 7.57. The molecule has 1 aromatic heterocycles. The second kappa shape index (κ2) is 7.63. The van der Waals surface area contributed by atoms with Crippen LogP contribution in [0.1, 0.15) is 43.6 Å². The Labute approximate surface area is 136 Å². The van der Waals surface area contributed by atoms with Gasteiger partial charge in [0, 0.05) is 0 Å². The molecule has 1 heterocycles. The lowest BCUT2D eigenvalue weighted by molar-refractivity contribution is -0.123. The fraction of sp³-hybridized carbons (Fsp3) is 0.333. The lowest BCUT2D eigenvalue weighted by atomic mass is 10.0. The van der Waals surface area contributed by atoms with Gasteiger partial charge >= 0.3 is 0 Å². The van der Waals surface area contributed by atoms with Gasteiger partial charge in [-0.05, 0) is 49.1 Å². The van der Waals surface area contributed by atoms with Crippen LogP contribution in [0.3, 0.4) is 0 Å². The normalized spacial score (nSPS) is 11.6. The standard InChI is InChI=1S/C18H22N2O3/c1-12(2)15-8-7-13(3)10-17(15)23-11-18(21)20-19-14(4)16-6-5-9-22-16/h5-10,12H,11H2,1-4H3,(H,20,21)/b19-14+. The topological polar surface area (TPSA) is 63.8 Å². The maximum Gasteiger partial charge on any atom is 0.277 e. The molecule has 2 rings (SSSR count). The molecule has 0 aliphatic rings. The summed E-state index contributed by atoms with van der Waals surface area (Å²) < 4.78 is 10.9. The van der Waals surface area contributed by atoms with E-state index in [9.17, 15) is 4.79 Å². The summed E-state index contributed by atoms with van der Waals surface area (Å²) in [6.07, 6.45) is 1.56. The van der Waals surface area contributed by atoms with Gasteiger partial charge in [0.1, 0.15) is 17.2 Å². The van der Waals surface area contributed by atoms with Crippen molar-refractivity contribution in [1.82, 2.24) is 5.43 Å². The van der Waals surface area contributed by atoms with Gasteiger partial charge in [0.05, 0.1) is 6.26 Å². The molecule has 5 heteroatoms. The van der Waals surface area contributed by atoms with E-state index in [1.54, 1.807) is 25.3 Å². The summed E-state index contributed by atoms with van der Waals surface area (Å²) in [5, 5.41) is 4.00. The number of amides is 1. The van der Waals surface area contributed by atoms with Crippen LogP contribution >= 0.6 is 0 Å². The van der Waals surface area contributed by atoms with E-state index in [1.165, 1.54) is 0 Å². The Morgan fingerprint density at radius 2 is 2.13 bits per heavy atom. The van der Waals surface area contributed by atoms with Crippen LogP contribution in [0, 0.1) is 6.92 Å². The summed E-state index contributed by atoms with van der Waals surface area (Å²) in [6, 6.07) is 9.57. The van der Waals surface area contributed by atoms with Crippen LogP contribution in [0.2, 0.25) is 0 Å². The van der Waals surface area contributed by atoms with Crippen molar-refractivity contribution in [2.45, 2.75) is 33.6 Å². The number of hydrazone groups is 1. The fourth-order valence-corrected chi connectivity index (χ4v) is 2.10. The summed E-state index contributed by atoms with van der Waals surface area (Å²) in [5.74, 6) is 1.37. The number of furan rings is 1. The first-order valence-electron chi connectivity index (χ1n) is 7.57. The van der Waals surface area contributed by atoms with Crippen molar-refractivity contribution < 1.29 is 13.9 Å². The molecule has 0 aliphatic carbocycles. The van der Waals surface area contributed by atoms with Crippen molar-refractivity contribution in [1.29, 1.82) is 0 Å². The molecule has 0 saturated heterocycles. The highest BCUT2D eigenvalue weighted by Gasteiger charge is 2.10. The molecule has 0 radical (unpaired) electrons. The first-order chi connectivity index (χ1) is 11.0. The number of hydrogen-bond acceptors (Lipinski definition) is 4. The molecular weight excluding hydrogens is 292 g/mol. The molecule has 0 atom stereocenters. The zero-order valence-electron chi connectivity index (χ0n) is 13.9. The predicted octanol–water partition coefficient (Wildman–Crippen LogP) is 3.63. The molecule has 0 bridgehead atoms. The molecule has 0 spiro atoms. The van der Waals surface area contributed by atoms with Crippen LogP contribution in [0.15, 0.2) is 46.1 Å². The molecular formula is C18H22N2O3. The predicted molar refractivity (Wildman–Crippen MR) is 89.8 cm³/mol. The van der Waals surface area contributed by atoms with E-state index in [1.807, 2.05) is 25.1 Å². The van der Waals surface area contributed by atoms with Crippen LogP contribution in [0.5, 0.6) is 5.75 Å². The summed E-state index contributed by atoms with van der Waals surface area (Å²) >= 11 is 0. The van der Waals surface area contributed by atoms with Gasteiger partial charge in [-0.2, -0.15) is 5.10 Å². The molecule has 0 saturated carbocycles. The third-order valence-corrected chi connectivity index (χ3v) is 3.38. The van der Waals surface area contributed by atoms with Gasteiger partial charge < -0.3 is 9.15 Å². The second-order valence-corrected chi connectivity index (χ2v) is 5.69. The summed E-state index contributed by atoms with van der Waals surface area (Å²) in [5.41, 5.74) is 5.24. The van der Waals surface area contributed by atoms with Crippen LogP contribution < -0.4 is 10.2 Å². The summed E-state index contributed by atoms with van der Waals surface area (Å²) in [7, 11) is 0. The minimum atomic E-state index is -0.313. The number of rotatable bonds is 6. The zero-order chi connectivity index (χ0) is 16.8. The molecule has 0 aliphatic heterocycles. The fourth-order valence-electron chi connectivity index (χ4n) is 2.10. The van der Waals surface area contributed by atoms with Gasteiger partial charge in [0.15, 0.2) is 6.61 Å². The van der Waals surface area contributed by atoms with E-state index >= 15 is 0 Å². The SMILES string of the molecule is C/C(=N\NC(=O)COc1cc(C)ccc1C(C)C)c1ccco1. The van der Waals surface area contributed by atoms with E-state index < -0.39 is 0 Å². The average Bonchev–Trinajstić information content (AvgIpc) is 3.04. The number of carbonyl (C=O) groups is 1. The minimum absolute atomic E-state index is 0.0852. The molecule has 122 valence electrons. The lowest BCUT2D eigenvalue weighted by Crippen LogP contribution is -2.25. The zero-order valence-corrected chi connectivity index (χ0v) is 13.9. The van der Waals surface area contributed by atoms with E-state index in [4.69, 9.17) is 9.15 Å². The third-order valence-electron chi connectivity index (χ3n) is 3.38. The monoisotopic (exact) mass is 314 g/mol. The number of nitrogens with zero attached hydrogens (tertiary/aromatic N) is 1. The smallest absolute Gasteiger partial charge is 0.277 e. The summed E-state index contributed by atoms with van der Waals surface area (Å²) in [4.78, 5) is 11.9. The summed E-state index contributed by atoms with van der Waals surface area (Å²) in [6.45, 7) is 7.85. The number of hydrogen-bond donors (Lipinski definition) is 1. The highest BCUT2D eigenvalue weighted by atomic mass is 16.5. The average molecular weight is 314 g/mol. The van der Waals surface area contributed by atoms with Gasteiger partial charge in [-0.1, -0.05) is 26.0 Å². The van der Waals surface area contributed by atoms with Gasteiger partial charge in [-0.25, -0.2) is 5.43 Å². The Kier molecular flexibility index (Phi) is 5.57. The molecule has 0 unspecified atom stereocenters. The maximum atomic E-state index is 11.9. The van der Waals surface area contributed by atoms with Crippen LogP contribution in [-0.4, -0.2) is 18.2 Å². The highest BCUT2D eigenvalue weighted by molar-refractivity contribution is 5.96. The van der Waals surface area contributed by atoms with Crippen molar-refractivity contribution in [2.24, 2.45) is 5.10 Å². The van der Waals surface area contributed by atoms with Crippen molar-refractivity contribution in [3.63, 3.8) is 0 Å². The van der Waals surface area contributed by atoms with E-state index in [2.05, 4.69) is 24.4 Å². The van der Waals surface area contributed by atoms with E-state index in [0.717, 1.165) is 16.9 Å². The minimum Gasteiger partial charge on any atom is -0.483 e. The number of nitrogens with one attached hydrogen (secondary N) is 1. The van der Waals surface area contributed by atoms with Crippen molar-refractivity contribution in [3.05, 3.63) is 53.5 Å². The Hall–Kier alpha value is -2.56. The van der Waals surface area contributed by atoms with Gasteiger partial charge in [-0.15, -0.1) is 0 Å². The quantitative estimate of drug-likeness (QED) is 0.654. The lowest BCUT2D eigenvalue weighted by Gasteiger charge is -2.14. The Balaban J connectivity index is 1.95. The molecule has 1 aromatic carbocycles. The van der Waals surface area contributed by atoms with Gasteiger partial charge in [0.2, 0.25) is 0 Å².